The normalized spacial score (nSPS) is 19.3. The van der Waals surface area contributed by atoms with Gasteiger partial charge in [0.15, 0.2) is 0 Å². The average molecular weight is 358 g/mol. The molecule has 4 rings (SSSR count). The standard InChI is InChI=1S/C19H16F2N2O3/c20-14-4-1-12(2-5-14)18(24)22-8-7-16-11-26-19(25)23(16)17-9-15(21)6-3-13(17)10-22/h1-6,9,16H,7-8,10-11H2. The second-order valence-corrected chi connectivity index (χ2v) is 6.40. The molecule has 0 saturated carbocycles. The second-order valence-electron chi connectivity index (χ2n) is 6.40. The Bertz CT molecular complexity index is 870. The minimum absolute atomic E-state index is 0.202. The van der Waals surface area contributed by atoms with Gasteiger partial charge in [-0.15, -0.1) is 0 Å². The number of hydrogen-bond acceptors (Lipinski definition) is 3. The first-order chi connectivity index (χ1) is 12.5. The van der Waals surface area contributed by atoms with E-state index >= 15 is 0 Å². The van der Waals surface area contributed by atoms with Crippen molar-refractivity contribution >= 4 is 17.7 Å². The Kier molecular flexibility index (Phi) is 4.06. The number of nitrogens with zero attached hydrogens (tertiary/aromatic N) is 2. The smallest absolute Gasteiger partial charge is 0.414 e. The Morgan fingerprint density at radius 3 is 2.58 bits per heavy atom. The van der Waals surface area contributed by atoms with Crippen molar-refractivity contribution in [3.63, 3.8) is 0 Å². The van der Waals surface area contributed by atoms with Gasteiger partial charge in [0, 0.05) is 18.7 Å². The van der Waals surface area contributed by atoms with E-state index in [4.69, 9.17) is 4.74 Å². The fourth-order valence-electron chi connectivity index (χ4n) is 3.40. The lowest BCUT2D eigenvalue weighted by Crippen LogP contribution is -2.42. The summed E-state index contributed by atoms with van der Waals surface area (Å²) in [6.45, 7) is 0.834. The minimum atomic E-state index is -0.500. The van der Waals surface area contributed by atoms with E-state index in [1.165, 1.54) is 41.3 Å². The first-order valence-corrected chi connectivity index (χ1v) is 8.32. The Balaban J connectivity index is 1.70. The number of amides is 2. The highest BCUT2D eigenvalue weighted by Crippen LogP contribution is 2.32. The van der Waals surface area contributed by atoms with Gasteiger partial charge in [0.2, 0.25) is 0 Å². The van der Waals surface area contributed by atoms with E-state index in [1.54, 1.807) is 11.0 Å². The van der Waals surface area contributed by atoms with Crippen molar-refractivity contribution in [3.05, 3.63) is 65.2 Å². The predicted molar refractivity (Wildman–Crippen MR) is 89.8 cm³/mol. The number of cyclic esters (lactones) is 1. The third-order valence-electron chi connectivity index (χ3n) is 4.74. The zero-order valence-corrected chi connectivity index (χ0v) is 13.8. The van der Waals surface area contributed by atoms with Crippen molar-refractivity contribution in [1.82, 2.24) is 4.90 Å². The van der Waals surface area contributed by atoms with E-state index < -0.39 is 17.7 Å². The summed E-state index contributed by atoms with van der Waals surface area (Å²) < 4.78 is 32.0. The van der Waals surface area contributed by atoms with Gasteiger partial charge in [-0.05, 0) is 48.4 Å². The van der Waals surface area contributed by atoms with Crippen molar-refractivity contribution < 1.29 is 23.1 Å². The molecule has 1 atom stereocenters. The van der Waals surface area contributed by atoms with Crippen molar-refractivity contribution in [2.75, 3.05) is 18.1 Å². The molecule has 26 heavy (non-hydrogen) atoms. The quantitative estimate of drug-likeness (QED) is 0.786. The van der Waals surface area contributed by atoms with Crippen LogP contribution in [0.15, 0.2) is 42.5 Å². The highest BCUT2D eigenvalue weighted by atomic mass is 19.1. The van der Waals surface area contributed by atoms with Crippen LogP contribution in [0.1, 0.15) is 22.3 Å². The highest BCUT2D eigenvalue weighted by Gasteiger charge is 2.37. The molecule has 0 aromatic heterocycles. The lowest BCUT2D eigenvalue weighted by Gasteiger charge is -2.32. The van der Waals surface area contributed by atoms with Crippen molar-refractivity contribution in [1.29, 1.82) is 0 Å². The number of halogens is 2. The van der Waals surface area contributed by atoms with Crippen LogP contribution in [0.3, 0.4) is 0 Å². The number of carbonyl (C=O) groups is 2. The summed E-state index contributed by atoms with van der Waals surface area (Å²) in [7, 11) is 0. The summed E-state index contributed by atoms with van der Waals surface area (Å²) in [6, 6.07) is 9.28. The zero-order chi connectivity index (χ0) is 18.3. The van der Waals surface area contributed by atoms with Gasteiger partial charge < -0.3 is 9.64 Å². The number of carbonyl (C=O) groups excluding carboxylic acids is 2. The van der Waals surface area contributed by atoms with Crippen molar-refractivity contribution in [2.24, 2.45) is 0 Å². The molecule has 0 bridgehead atoms. The van der Waals surface area contributed by atoms with Crippen LogP contribution in [0.4, 0.5) is 19.3 Å². The Hall–Kier alpha value is -2.96. The van der Waals surface area contributed by atoms with Crippen molar-refractivity contribution in [2.45, 2.75) is 19.0 Å². The number of rotatable bonds is 1. The van der Waals surface area contributed by atoms with Gasteiger partial charge in [-0.3, -0.25) is 9.69 Å². The Morgan fingerprint density at radius 1 is 1.08 bits per heavy atom. The molecule has 1 fully saturated rings. The van der Waals surface area contributed by atoms with E-state index in [-0.39, 0.29) is 25.1 Å². The fourth-order valence-corrected chi connectivity index (χ4v) is 3.40. The molecule has 2 heterocycles. The molecule has 134 valence electrons. The molecule has 5 nitrogen and oxygen atoms in total. The van der Waals surface area contributed by atoms with E-state index in [2.05, 4.69) is 0 Å². The molecule has 1 unspecified atom stereocenters. The first kappa shape index (κ1) is 16.5. The van der Waals surface area contributed by atoms with Gasteiger partial charge in [0.1, 0.15) is 18.2 Å². The van der Waals surface area contributed by atoms with E-state index in [9.17, 15) is 18.4 Å². The fraction of sp³-hybridized carbons (Fsp3) is 0.263. The van der Waals surface area contributed by atoms with Gasteiger partial charge in [-0.2, -0.15) is 0 Å². The van der Waals surface area contributed by atoms with Gasteiger partial charge in [0.25, 0.3) is 5.91 Å². The molecule has 2 aromatic carbocycles. The molecule has 0 N–H and O–H groups in total. The summed E-state index contributed by atoms with van der Waals surface area (Å²) in [6.07, 6.45) is 0.00871. The first-order valence-electron chi connectivity index (χ1n) is 8.32. The number of anilines is 1. The Labute approximate surface area is 148 Å². The van der Waals surface area contributed by atoms with Gasteiger partial charge in [-0.1, -0.05) is 6.07 Å². The maximum absolute atomic E-state index is 13.8. The minimum Gasteiger partial charge on any atom is -0.447 e. The molecule has 2 aliphatic heterocycles. The van der Waals surface area contributed by atoms with Crippen LogP contribution in [-0.4, -0.2) is 36.1 Å². The summed E-state index contributed by atoms with van der Waals surface area (Å²) in [5.74, 6) is -1.11. The van der Waals surface area contributed by atoms with Crippen LogP contribution < -0.4 is 4.90 Å². The van der Waals surface area contributed by atoms with E-state index in [0.29, 0.717) is 29.8 Å². The summed E-state index contributed by atoms with van der Waals surface area (Å²) >= 11 is 0. The molecule has 2 amide bonds. The van der Waals surface area contributed by atoms with Gasteiger partial charge in [-0.25, -0.2) is 13.6 Å². The van der Waals surface area contributed by atoms with Crippen LogP contribution in [0.25, 0.3) is 0 Å². The maximum atomic E-state index is 13.8. The van der Waals surface area contributed by atoms with Crippen LogP contribution in [-0.2, 0) is 11.3 Å². The maximum Gasteiger partial charge on any atom is 0.414 e. The lowest BCUT2D eigenvalue weighted by molar-refractivity contribution is 0.0734. The molecule has 0 spiro atoms. The lowest BCUT2D eigenvalue weighted by atomic mass is 10.0. The monoisotopic (exact) mass is 358 g/mol. The molecule has 2 aliphatic rings. The SMILES string of the molecule is O=C(c1ccc(F)cc1)N1CCC2COC(=O)N2c2cc(F)ccc2C1. The summed E-state index contributed by atoms with van der Waals surface area (Å²) in [5.41, 5.74) is 1.46. The summed E-state index contributed by atoms with van der Waals surface area (Å²) in [5, 5.41) is 0. The largest absolute Gasteiger partial charge is 0.447 e. The van der Waals surface area contributed by atoms with Crippen LogP contribution >= 0.6 is 0 Å². The van der Waals surface area contributed by atoms with Crippen molar-refractivity contribution in [3.8, 4) is 0 Å². The number of fused-ring (bicyclic) bond motifs is 3. The van der Waals surface area contributed by atoms with E-state index in [1.807, 2.05) is 0 Å². The average Bonchev–Trinajstić information content (AvgIpc) is 2.98. The molecule has 2 aromatic rings. The molecular weight excluding hydrogens is 342 g/mol. The number of hydrogen-bond donors (Lipinski definition) is 0. The molecular formula is C19H16F2N2O3. The number of ether oxygens (including phenoxy) is 1. The van der Waals surface area contributed by atoms with Gasteiger partial charge >= 0.3 is 6.09 Å². The molecule has 0 aliphatic carbocycles. The second kappa shape index (κ2) is 6.40. The zero-order valence-electron chi connectivity index (χ0n) is 13.8. The van der Waals surface area contributed by atoms with Crippen LogP contribution in [0.2, 0.25) is 0 Å². The number of benzene rings is 2. The Morgan fingerprint density at radius 2 is 1.81 bits per heavy atom. The van der Waals surface area contributed by atoms with Crippen LogP contribution in [0, 0.1) is 11.6 Å². The van der Waals surface area contributed by atoms with Crippen LogP contribution in [0.5, 0.6) is 0 Å². The third kappa shape index (κ3) is 2.89. The topological polar surface area (TPSA) is 49.9 Å². The third-order valence-corrected chi connectivity index (χ3v) is 4.74. The molecule has 0 radical (unpaired) electrons. The summed E-state index contributed by atoms with van der Waals surface area (Å²) in [4.78, 5) is 28.0. The van der Waals surface area contributed by atoms with Gasteiger partial charge in [0.05, 0.1) is 11.7 Å². The predicted octanol–water partition coefficient (Wildman–Crippen LogP) is 3.34. The van der Waals surface area contributed by atoms with E-state index in [0.717, 1.165) is 0 Å². The molecule has 1 saturated heterocycles. The highest BCUT2D eigenvalue weighted by molar-refractivity contribution is 5.95. The molecule has 7 heteroatoms.